The first-order valence-electron chi connectivity index (χ1n) is 9.14. The molecule has 23 heavy (non-hydrogen) atoms. The topological polar surface area (TPSA) is 41.5 Å². The number of ether oxygens (including phenoxy) is 1. The lowest BCUT2D eigenvalue weighted by atomic mass is 9.72. The van der Waals surface area contributed by atoms with Crippen LogP contribution in [0.3, 0.4) is 0 Å². The summed E-state index contributed by atoms with van der Waals surface area (Å²) in [7, 11) is 0. The molecule has 1 atom stereocenters. The van der Waals surface area contributed by atoms with Crippen LogP contribution in [0, 0.1) is 11.3 Å². The van der Waals surface area contributed by atoms with Gasteiger partial charge in [0.25, 0.3) is 0 Å². The van der Waals surface area contributed by atoms with Gasteiger partial charge in [0.15, 0.2) is 0 Å². The summed E-state index contributed by atoms with van der Waals surface area (Å²) < 4.78 is 5.55. The second-order valence-corrected chi connectivity index (χ2v) is 7.62. The summed E-state index contributed by atoms with van der Waals surface area (Å²) in [6.07, 6.45) is 12.0. The van der Waals surface area contributed by atoms with Gasteiger partial charge in [-0.25, -0.2) is 4.98 Å². The van der Waals surface area contributed by atoms with Gasteiger partial charge in [-0.15, -0.1) is 0 Å². The highest BCUT2D eigenvalue weighted by atomic mass is 16.5. The van der Waals surface area contributed by atoms with E-state index < -0.39 is 0 Å². The summed E-state index contributed by atoms with van der Waals surface area (Å²) >= 11 is 0. The van der Waals surface area contributed by atoms with E-state index in [0.717, 1.165) is 38.0 Å². The Labute approximate surface area is 139 Å². The van der Waals surface area contributed by atoms with Crippen LogP contribution in [0.15, 0.2) is 18.6 Å². The highest BCUT2D eigenvalue weighted by Gasteiger charge is 2.39. The summed E-state index contributed by atoms with van der Waals surface area (Å²) in [4.78, 5) is 13.8. The molecule has 0 radical (unpaired) electrons. The highest BCUT2D eigenvalue weighted by Crippen LogP contribution is 2.40. The molecule has 0 N–H and O–H groups in total. The van der Waals surface area contributed by atoms with Crippen LogP contribution in [0.4, 0.5) is 5.82 Å². The fourth-order valence-corrected chi connectivity index (χ4v) is 4.63. The molecule has 4 rings (SSSR count). The Morgan fingerprint density at radius 2 is 2.09 bits per heavy atom. The second kappa shape index (κ2) is 6.73. The van der Waals surface area contributed by atoms with Gasteiger partial charge in [-0.05, 0) is 50.0 Å². The van der Waals surface area contributed by atoms with E-state index in [1.165, 1.54) is 51.7 Å². The zero-order valence-electron chi connectivity index (χ0n) is 14.0. The Balaban J connectivity index is 1.34. The van der Waals surface area contributed by atoms with Crippen LogP contribution in [0.5, 0.6) is 0 Å². The van der Waals surface area contributed by atoms with Gasteiger partial charge in [0, 0.05) is 45.2 Å². The molecule has 3 aliphatic heterocycles. The van der Waals surface area contributed by atoms with Crippen molar-refractivity contribution >= 4 is 5.82 Å². The number of hydrogen-bond acceptors (Lipinski definition) is 5. The number of hydrogen-bond donors (Lipinski definition) is 0. The Morgan fingerprint density at radius 1 is 1.17 bits per heavy atom. The van der Waals surface area contributed by atoms with Crippen LogP contribution in [-0.4, -0.2) is 60.8 Å². The van der Waals surface area contributed by atoms with Gasteiger partial charge in [0.1, 0.15) is 5.82 Å². The molecule has 4 heterocycles. The number of anilines is 1. The quantitative estimate of drug-likeness (QED) is 0.855. The van der Waals surface area contributed by atoms with E-state index in [9.17, 15) is 0 Å². The van der Waals surface area contributed by atoms with Gasteiger partial charge in [0.05, 0.1) is 12.8 Å². The van der Waals surface area contributed by atoms with Crippen LogP contribution >= 0.6 is 0 Å². The number of likely N-dealkylation sites (tertiary alicyclic amines) is 1. The molecule has 0 amide bonds. The van der Waals surface area contributed by atoms with Crippen LogP contribution in [0.25, 0.3) is 0 Å². The van der Waals surface area contributed by atoms with E-state index in [0.29, 0.717) is 5.41 Å². The highest BCUT2D eigenvalue weighted by molar-refractivity contribution is 5.35. The third-order valence-electron chi connectivity index (χ3n) is 5.98. The van der Waals surface area contributed by atoms with Gasteiger partial charge < -0.3 is 14.5 Å². The Morgan fingerprint density at radius 3 is 2.83 bits per heavy atom. The minimum atomic E-state index is 0.538. The third kappa shape index (κ3) is 3.50. The first-order chi connectivity index (χ1) is 11.3. The van der Waals surface area contributed by atoms with E-state index in [2.05, 4.69) is 19.8 Å². The SMILES string of the molecule is c1cnc(N2CCC3(CCCN(CC4CCOC4)C3)CC2)cn1. The van der Waals surface area contributed by atoms with Crippen LogP contribution in [-0.2, 0) is 4.74 Å². The maximum absolute atomic E-state index is 5.55. The van der Waals surface area contributed by atoms with Crippen molar-refractivity contribution < 1.29 is 4.74 Å². The lowest BCUT2D eigenvalue weighted by Gasteiger charge is -2.48. The van der Waals surface area contributed by atoms with Crippen molar-refractivity contribution in [3.63, 3.8) is 0 Å². The molecule has 1 aromatic heterocycles. The zero-order chi connectivity index (χ0) is 15.5. The first kappa shape index (κ1) is 15.3. The van der Waals surface area contributed by atoms with E-state index in [4.69, 9.17) is 4.74 Å². The van der Waals surface area contributed by atoms with E-state index in [-0.39, 0.29) is 0 Å². The first-order valence-corrected chi connectivity index (χ1v) is 9.14. The molecule has 0 aliphatic carbocycles. The molecular weight excluding hydrogens is 288 g/mol. The summed E-state index contributed by atoms with van der Waals surface area (Å²) in [5.41, 5.74) is 0.538. The van der Waals surface area contributed by atoms with Gasteiger partial charge >= 0.3 is 0 Å². The summed E-state index contributed by atoms with van der Waals surface area (Å²) in [6.45, 7) is 8.01. The average molecular weight is 316 g/mol. The fraction of sp³-hybridized carbons (Fsp3) is 0.778. The molecule has 0 bridgehead atoms. The predicted octanol–water partition coefficient (Wildman–Crippen LogP) is 2.20. The average Bonchev–Trinajstić information content (AvgIpc) is 3.10. The molecule has 1 aromatic rings. The lowest BCUT2D eigenvalue weighted by Crippen LogP contribution is -2.50. The van der Waals surface area contributed by atoms with Gasteiger partial charge in [0.2, 0.25) is 0 Å². The molecule has 0 saturated carbocycles. The van der Waals surface area contributed by atoms with E-state index in [1.54, 1.807) is 12.4 Å². The standard InChI is InChI=1S/C18H28N4O/c1-3-18(15-21(8-1)13-16-2-11-23-14-16)4-9-22(10-5-18)17-12-19-6-7-20-17/h6-7,12,16H,1-5,8-11,13-15H2. The number of piperidine rings is 2. The Bertz CT molecular complexity index is 495. The third-order valence-corrected chi connectivity index (χ3v) is 5.98. The maximum Gasteiger partial charge on any atom is 0.147 e. The van der Waals surface area contributed by atoms with Crippen molar-refractivity contribution in [2.24, 2.45) is 11.3 Å². The normalized spacial score (nSPS) is 28.3. The van der Waals surface area contributed by atoms with Gasteiger partial charge in [-0.1, -0.05) is 0 Å². The summed E-state index contributed by atoms with van der Waals surface area (Å²) in [6, 6.07) is 0. The molecule has 3 aliphatic rings. The van der Waals surface area contributed by atoms with Crippen molar-refractivity contribution in [3.05, 3.63) is 18.6 Å². The van der Waals surface area contributed by atoms with Crippen molar-refractivity contribution in [3.8, 4) is 0 Å². The molecule has 126 valence electrons. The maximum atomic E-state index is 5.55. The summed E-state index contributed by atoms with van der Waals surface area (Å²) in [5.74, 6) is 1.81. The molecule has 1 unspecified atom stereocenters. The molecular formula is C18H28N4O. The van der Waals surface area contributed by atoms with Crippen LogP contribution in [0.2, 0.25) is 0 Å². The van der Waals surface area contributed by atoms with Crippen LogP contribution in [0.1, 0.15) is 32.1 Å². The van der Waals surface area contributed by atoms with Crippen molar-refractivity contribution in [1.82, 2.24) is 14.9 Å². The fourth-order valence-electron chi connectivity index (χ4n) is 4.63. The van der Waals surface area contributed by atoms with Crippen LogP contribution < -0.4 is 4.90 Å². The van der Waals surface area contributed by atoms with Gasteiger partial charge in [-0.3, -0.25) is 4.98 Å². The summed E-state index contributed by atoms with van der Waals surface area (Å²) in [5, 5.41) is 0. The zero-order valence-corrected chi connectivity index (χ0v) is 14.0. The molecule has 3 saturated heterocycles. The van der Waals surface area contributed by atoms with E-state index in [1.807, 2.05) is 6.20 Å². The molecule has 1 spiro atoms. The minimum Gasteiger partial charge on any atom is -0.381 e. The molecule has 3 fully saturated rings. The number of aromatic nitrogens is 2. The number of rotatable bonds is 3. The van der Waals surface area contributed by atoms with Crippen molar-refractivity contribution in [2.45, 2.75) is 32.1 Å². The van der Waals surface area contributed by atoms with Crippen molar-refractivity contribution in [1.29, 1.82) is 0 Å². The minimum absolute atomic E-state index is 0.538. The lowest BCUT2D eigenvalue weighted by molar-refractivity contribution is 0.0531. The van der Waals surface area contributed by atoms with E-state index >= 15 is 0 Å². The smallest absolute Gasteiger partial charge is 0.147 e. The monoisotopic (exact) mass is 316 g/mol. The predicted molar refractivity (Wildman–Crippen MR) is 90.5 cm³/mol. The number of nitrogens with zero attached hydrogens (tertiary/aromatic N) is 4. The molecule has 0 aromatic carbocycles. The largest absolute Gasteiger partial charge is 0.381 e. The molecule has 5 nitrogen and oxygen atoms in total. The molecule has 5 heteroatoms. The second-order valence-electron chi connectivity index (χ2n) is 7.62. The Kier molecular flexibility index (Phi) is 4.49. The van der Waals surface area contributed by atoms with Gasteiger partial charge in [-0.2, -0.15) is 0 Å². The van der Waals surface area contributed by atoms with Crippen molar-refractivity contribution in [2.75, 3.05) is 50.8 Å². The Hall–Kier alpha value is -1.20.